The van der Waals surface area contributed by atoms with Gasteiger partial charge in [-0.1, -0.05) is 0 Å². The predicted octanol–water partition coefficient (Wildman–Crippen LogP) is 2.44. The Labute approximate surface area is 156 Å². The van der Waals surface area contributed by atoms with Crippen LogP contribution in [0.5, 0.6) is 0 Å². The first kappa shape index (κ1) is 17.6. The Kier molecular flexibility index (Phi) is 5.06. The van der Waals surface area contributed by atoms with Crippen molar-refractivity contribution in [1.82, 2.24) is 14.9 Å². The van der Waals surface area contributed by atoms with Crippen molar-refractivity contribution in [3.8, 4) is 0 Å². The van der Waals surface area contributed by atoms with E-state index in [2.05, 4.69) is 9.97 Å². The fourth-order valence-corrected chi connectivity index (χ4v) is 4.40. The second kappa shape index (κ2) is 7.46. The number of amides is 1. The summed E-state index contributed by atoms with van der Waals surface area (Å²) >= 11 is 1.64. The summed E-state index contributed by atoms with van der Waals surface area (Å²) in [5, 5.41) is 3.10. The van der Waals surface area contributed by atoms with Gasteiger partial charge in [-0.15, -0.1) is 11.3 Å². The second-order valence-corrected chi connectivity index (χ2v) is 8.03. The summed E-state index contributed by atoms with van der Waals surface area (Å²) in [6.07, 6.45) is 2.38. The van der Waals surface area contributed by atoms with E-state index in [9.17, 15) is 4.79 Å². The number of hydrogen-bond acceptors (Lipinski definition) is 7. The largest absolute Gasteiger partial charge is 0.438 e. The van der Waals surface area contributed by atoms with Crippen LogP contribution >= 0.6 is 11.3 Å². The lowest BCUT2D eigenvalue weighted by Crippen LogP contribution is -2.31. The molecule has 2 aromatic rings. The molecule has 1 amide bonds. The molecule has 26 heavy (non-hydrogen) atoms. The quantitative estimate of drug-likeness (QED) is 0.720. The minimum atomic E-state index is -0.0908. The van der Waals surface area contributed by atoms with E-state index < -0.39 is 0 Å². The zero-order valence-electron chi connectivity index (χ0n) is 15.0. The van der Waals surface area contributed by atoms with Gasteiger partial charge in [-0.2, -0.15) is 0 Å². The molecule has 2 saturated heterocycles. The lowest BCUT2D eigenvalue weighted by atomic mass is 9.91. The average molecular weight is 377 g/mol. The zero-order chi connectivity index (χ0) is 18.1. The van der Waals surface area contributed by atoms with Gasteiger partial charge in [-0.25, -0.2) is 9.97 Å². The maximum absolute atomic E-state index is 12.6. The molecule has 0 bridgehead atoms. The fourth-order valence-electron chi connectivity index (χ4n) is 3.80. The number of carbonyl (C=O) groups excluding carboxylic acids is 1. The molecule has 2 aromatic heterocycles. The van der Waals surface area contributed by atoms with Crippen LogP contribution in [0.4, 0.5) is 0 Å². The first-order valence-electron chi connectivity index (χ1n) is 8.91. The van der Waals surface area contributed by atoms with Crippen molar-refractivity contribution in [2.75, 3.05) is 26.3 Å². The number of rotatable bonds is 6. The number of aromatic nitrogens is 2. The van der Waals surface area contributed by atoms with E-state index in [4.69, 9.17) is 13.9 Å². The third-order valence-corrected chi connectivity index (χ3v) is 6.04. The van der Waals surface area contributed by atoms with Crippen LogP contribution in [-0.2, 0) is 16.1 Å². The highest BCUT2D eigenvalue weighted by Gasteiger charge is 2.45. The third-order valence-electron chi connectivity index (χ3n) is 5.22. The van der Waals surface area contributed by atoms with Crippen LogP contribution in [0, 0.1) is 25.7 Å². The Hall–Kier alpha value is -1.77. The van der Waals surface area contributed by atoms with Crippen LogP contribution in [0.25, 0.3) is 0 Å². The molecule has 8 heteroatoms. The number of carbonyl (C=O) groups is 1. The number of thiazole rings is 1. The summed E-state index contributed by atoms with van der Waals surface area (Å²) in [7, 11) is 0. The van der Waals surface area contributed by atoms with E-state index in [0.29, 0.717) is 49.6 Å². The highest BCUT2D eigenvalue weighted by atomic mass is 32.1. The highest BCUT2D eigenvalue weighted by Crippen LogP contribution is 2.36. The van der Waals surface area contributed by atoms with E-state index >= 15 is 0 Å². The van der Waals surface area contributed by atoms with Gasteiger partial charge in [0.15, 0.2) is 6.39 Å². The number of ether oxygens (including phenoxy) is 2. The molecule has 3 atom stereocenters. The lowest BCUT2D eigenvalue weighted by molar-refractivity contribution is 0.0623. The van der Waals surface area contributed by atoms with Crippen molar-refractivity contribution in [2.24, 2.45) is 11.8 Å². The number of likely N-dealkylation sites (tertiary alicyclic amines) is 1. The summed E-state index contributed by atoms with van der Waals surface area (Å²) in [5.74, 6) is 1.04. The highest BCUT2D eigenvalue weighted by molar-refractivity contribution is 7.09. The van der Waals surface area contributed by atoms with Crippen molar-refractivity contribution in [3.05, 3.63) is 33.9 Å². The van der Waals surface area contributed by atoms with Gasteiger partial charge in [0.05, 0.1) is 35.7 Å². The molecule has 7 nitrogen and oxygen atoms in total. The van der Waals surface area contributed by atoms with Gasteiger partial charge in [0, 0.05) is 31.0 Å². The Bertz CT molecular complexity index is 774. The van der Waals surface area contributed by atoms with E-state index in [1.165, 1.54) is 6.39 Å². The summed E-state index contributed by atoms with van der Waals surface area (Å²) in [4.78, 5) is 22.8. The molecule has 0 saturated carbocycles. The molecule has 4 rings (SSSR count). The first-order chi connectivity index (χ1) is 12.6. The van der Waals surface area contributed by atoms with Crippen LogP contribution < -0.4 is 0 Å². The zero-order valence-corrected chi connectivity index (χ0v) is 15.8. The maximum Gasteiger partial charge on any atom is 0.291 e. The summed E-state index contributed by atoms with van der Waals surface area (Å²) in [6, 6.07) is 0. The Morgan fingerprint density at radius 3 is 3.04 bits per heavy atom. The molecule has 2 fully saturated rings. The van der Waals surface area contributed by atoms with Crippen molar-refractivity contribution in [3.63, 3.8) is 0 Å². The van der Waals surface area contributed by atoms with Crippen molar-refractivity contribution in [2.45, 2.75) is 33.0 Å². The molecule has 0 spiro atoms. The number of nitrogens with zero attached hydrogens (tertiary/aromatic N) is 3. The number of fused-ring (bicyclic) bond motifs is 1. The van der Waals surface area contributed by atoms with Crippen LogP contribution in [-0.4, -0.2) is 53.2 Å². The van der Waals surface area contributed by atoms with Gasteiger partial charge in [0.1, 0.15) is 0 Å². The molecule has 0 aliphatic carbocycles. The monoisotopic (exact) mass is 377 g/mol. The molecule has 0 unspecified atom stereocenters. The van der Waals surface area contributed by atoms with Crippen LogP contribution in [0.2, 0.25) is 0 Å². The minimum Gasteiger partial charge on any atom is -0.438 e. The fraction of sp³-hybridized carbons (Fsp3) is 0.611. The first-order valence-corrected chi connectivity index (χ1v) is 9.79. The molecule has 140 valence electrons. The van der Waals surface area contributed by atoms with Crippen molar-refractivity contribution in [1.29, 1.82) is 0 Å². The van der Waals surface area contributed by atoms with Crippen LogP contribution in [0.1, 0.15) is 33.4 Å². The smallest absolute Gasteiger partial charge is 0.291 e. The molecular formula is C18H23N3O4S. The van der Waals surface area contributed by atoms with Crippen molar-refractivity contribution < 1.29 is 18.7 Å². The van der Waals surface area contributed by atoms with E-state index in [0.717, 1.165) is 23.7 Å². The van der Waals surface area contributed by atoms with Gasteiger partial charge in [-0.05, 0) is 26.2 Å². The van der Waals surface area contributed by atoms with E-state index in [1.54, 1.807) is 18.3 Å². The van der Waals surface area contributed by atoms with Gasteiger partial charge in [0.25, 0.3) is 5.91 Å². The Balaban J connectivity index is 1.26. The van der Waals surface area contributed by atoms with E-state index in [1.807, 2.05) is 17.2 Å². The SMILES string of the molecule is Cc1nc(COCC[C@@H]2CO[C@@H]3CN(C(=O)c4ocnc4C)C[C@H]23)cs1. The Morgan fingerprint density at radius 2 is 2.31 bits per heavy atom. The normalized spacial score (nSPS) is 25.0. The maximum atomic E-state index is 12.6. The summed E-state index contributed by atoms with van der Waals surface area (Å²) < 4.78 is 16.9. The van der Waals surface area contributed by atoms with Gasteiger partial charge < -0.3 is 18.8 Å². The average Bonchev–Trinajstić information content (AvgIpc) is 3.37. The lowest BCUT2D eigenvalue weighted by Gasteiger charge is -2.19. The minimum absolute atomic E-state index is 0.0908. The van der Waals surface area contributed by atoms with Crippen LogP contribution in [0.3, 0.4) is 0 Å². The molecule has 0 aromatic carbocycles. The van der Waals surface area contributed by atoms with Crippen molar-refractivity contribution >= 4 is 17.2 Å². The molecule has 0 N–H and O–H groups in total. The molecule has 2 aliphatic rings. The molecule has 0 radical (unpaired) electrons. The number of oxazole rings is 1. The summed E-state index contributed by atoms with van der Waals surface area (Å²) in [6.45, 7) is 7.10. The summed E-state index contributed by atoms with van der Waals surface area (Å²) in [5.41, 5.74) is 1.63. The van der Waals surface area contributed by atoms with Gasteiger partial charge in [-0.3, -0.25) is 4.79 Å². The van der Waals surface area contributed by atoms with E-state index in [-0.39, 0.29) is 12.0 Å². The third kappa shape index (κ3) is 3.54. The van der Waals surface area contributed by atoms with Gasteiger partial charge in [0.2, 0.25) is 5.76 Å². The molecular weight excluding hydrogens is 354 g/mol. The predicted molar refractivity (Wildman–Crippen MR) is 95.0 cm³/mol. The topological polar surface area (TPSA) is 77.7 Å². The molecule has 4 heterocycles. The molecule has 2 aliphatic heterocycles. The standard InChI is InChI=1S/C18H23N3O4S/c1-11-17(25-10-19-11)18(22)21-5-15-13(7-24-16(15)6-21)3-4-23-8-14-9-26-12(2)20-14/h9-10,13,15-16H,3-8H2,1-2H3/t13-,15-,16-/m1/s1. The van der Waals surface area contributed by atoms with Gasteiger partial charge >= 0.3 is 0 Å². The van der Waals surface area contributed by atoms with Crippen LogP contribution in [0.15, 0.2) is 16.2 Å². The second-order valence-electron chi connectivity index (χ2n) is 6.97. The Morgan fingerprint density at radius 1 is 1.42 bits per heavy atom. The number of aryl methyl sites for hydroxylation is 2. The number of hydrogen-bond donors (Lipinski definition) is 0.